The normalized spacial score (nSPS) is 21.2. The molecule has 120 valence electrons. The largest absolute Gasteiger partial charge is 0.485 e. The van der Waals surface area contributed by atoms with E-state index in [1.165, 1.54) is 5.56 Å². The Hall–Kier alpha value is -2.01. The lowest BCUT2D eigenvalue weighted by Gasteiger charge is -2.35. The van der Waals surface area contributed by atoms with Gasteiger partial charge < -0.3 is 14.4 Å². The Morgan fingerprint density at radius 3 is 2.65 bits per heavy atom. The number of benzene rings is 1. The van der Waals surface area contributed by atoms with Crippen LogP contribution in [0.4, 0.5) is 0 Å². The van der Waals surface area contributed by atoms with Gasteiger partial charge in [-0.3, -0.25) is 4.79 Å². The van der Waals surface area contributed by atoms with Crippen LogP contribution in [0.2, 0.25) is 0 Å². The molecule has 1 fully saturated rings. The summed E-state index contributed by atoms with van der Waals surface area (Å²) in [6.07, 6.45) is 1.52. The van der Waals surface area contributed by atoms with E-state index in [1.54, 1.807) is 11.3 Å². The molecule has 4 rings (SSSR count). The number of carbonyl (C=O) groups is 1. The van der Waals surface area contributed by atoms with Gasteiger partial charge in [0.15, 0.2) is 11.5 Å². The van der Waals surface area contributed by atoms with E-state index in [0.29, 0.717) is 24.0 Å². The molecule has 0 N–H and O–H groups in total. The van der Waals surface area contributed by atoms with Gasteiger partial charge >= 0.3 is 0 Å². The molecule has 0 saturated carbocycles. The molecular formula is C18H19NO3S. The molecule has 1 aromatic heterocycles. The lowest BCUT2D eigenvalue weighted by atomic mass is 9.91. The number of piperidine rings is 1. The topological polar surface area (TPSA) is 38.8 Å². The molecule has 4 nitrogen and oxygen atoms in total. The summed E-state index contributed by atoms with van der Waals surface area (Å²) in [6.45, 7) is 1.88. The molecule has 0 radical (unpaired) electrons. The van der Waals surface area contributed by atoms with Crippen molar-refractivity contribution in [3.8, 4) is 11.5 Å². The summed E-state index contributed by atoms with van der Waals surface area (Å²) in [4.78, 5) is 14.6. The number of hydrogen-bond acceptors (Lipinski definition) is 4. The standard InChI is InChI=1S/C18H19NO3S/c20-18(17-11-21-15-3-1-2-4-16(15)22-17)19-8-5-13(6-9-19)14-7-10-23-12-14/h1-4,7,10,12-13,17H,5-6,8-9,11H2/t17-/m1/s1. The van der Waals surface area contributed by atoms with Crippen LogP contribution in [0, 0.1) is 0 Å². The Kier molecular flexibility index (Phi) is 3.95. The van der Waals surface area contributed by atoms with Crippen molar-refractivity contribution in [3.05, 3.63) is 46.7 Å². The average molecular weight is 329 g/mol. The maximum atomic E-state index is 12.7. The molecule has 2 aromatic rings. The van der Waals surface area contributed by atoms with Crippen molar-refractivity contribution in [2.45, 2.75) is 24.9 Å². The fourth-order valence-electron chi connectivity index (χ4n) is 3.29. The molecule has 2 aliphatic heterocycles. The first-order chi connectivity index (χ1) is 11.3. The maximum absolute atomic E-state index is 12.7. The second-order valence-electron chi connectivity index (χ2n) is 6.02. The molecule has 23 heavy (non-hydrogen) atoms. The molecule has 1 aromatic carbocycles. The van der Waals surface area contributed by atoms with Gasteiger partial charge in [0.1, 0.15) is 6.61 Å². The van der Waals surface area contributed by atoms with Crippen LogP contribution in [0.3, 0.4) is 0 Å². The summed E-state index contributed by atoms with van der Waals surface area (Å²) in [6, 6.07) is 9.70. The van der Waals surface area contributed by atoms with Gasteiger partial charge in [0.25, 0.3) is 5.91 Å². The van der Waals surface area contributed by atoms with Crippen LogP contribution in [0.1, 0.15) is 24.3 Å². The predicted octanol–water partition coefficient (Wildman–Crippen LogP) is 3.29. The highest BCUT2D eigenvalue weighted by atomic mass is 32.1. The lowest BCUT2D eigenvalue weighted by molar-refractivity contribution is -0.142. The van der Waals surface area contributed by atoms with Gasteiger partial charge in [0, 0.05) is 13.1 Å². The van der Waals surface area contributed by atoms with Crippen molar-refractivity contribution in [2.24, 2.45) is 0 Å². The Bertz CT molecular complexity index is 677. The third kappa shape index (κ3) is 2.93. The Balaban J connectivity index is 1.37. The summed E-state index contributed by atoms with van der Waals surface area (Å²) in [5, 5.41) is 4.34. The Morgan fingerprint density at radius 2 is 1.91 bits per heavy atom. The van der Waals surface area contributed by atoms with Crippen LogP contribution >= 0.6 is 11.3 Å². The monoisotopic (exact) mass is 329 g/mol. The highest BCUT2D eigenvalue weighted by molar-refractivity contribution is 7.07. The van der Waals surface area contributed by atoms with E-state index in [0.717, 1.165) is 25.9 Å². The molecular weight excluding hydrogens is 310 g/mol. The van der Waals surface area contributed by atoms with Gasteiger partial charge in [-0.05, 0) is 53.3 Å². The molecule has 0 unspecified atom stereocenters. The highest BCUT2D eigenvalue weighted by Gasteiger charge is 2.33. The fourth-order valence-corrected chi connectivity index (χ4v) is 4.03. The van der Waals surface area contributed by atoms with Crippen molar-refractivity contribution in [3.63, 3.8) is 0 Å². The summed E-state index contributed by atoms with van der Waals surface area (Å²) in [5.74, 6) is 2.00. The first-order valence-corrected chi connectivity index (χ1v) is 8.95. The van der Waals surface area contributed by atoms with Crippen LogP contribution in [-0.4, -0.2) is 36.6 Å². The number of likely N-dealkylation sites (tertiary alicyclic amines) is 1. The van der Waals surface area contributed by atoms with Crippen molar-refractivity contribution in [1.82, 2.24) is 4.90 Å². The minimum atomic E-state index is -0.525. The van der Waals surface area contributed by atoms with E-state index in [-0.39, 0.29) is 5.91 Å². The Morgan fingerprint density at radius 1 is 1.13 bits per heavy atom. The van der Waals surface area contributed by atoms with E-state index in [9.17, 15) is 4.79 Å². The summed E-state index contributed by atoms with van der Waals surface area (Å²) < 4.78 is 11.5. The number of nitrogens with zero attached hydrogens (tertiary/aromatic N) is 1. The predicted molar refractivity (Wildman–Crippen MR) is 89.2 cm³/mol. The molecule has 0 bridgehead atoms. The Labute approximate surface area is 139 Å². The van der Waals surface area contributed by atoms with Gasteiger partial charge in [-0.1, -0.05) is 12.1 Å². The summed E-state index contributed by atoms with van der Waals surface area (Å²) in [5.41, 5.74) is 1.41. The van der Waals surface area contributed by atoms with Crippen molar-refractivity contribution in [1.29, 1.82) is 0 Å². The molecule has 3 heterocycles. The highest BCUT2D eigenvalue weighted by Crippen LogP contribution is 2.33. The number of fused-ring (bicyclic) bond motifs is 1. The zero-order valence-electron chi connectivity index (χ0n) is 12.8. The molecule has 1 saturated heterocycles. The molecule has 1 amide bonds. The molecule has 5 heteroatoms. The number of rotatable bonds is 2. The molecule has 0 spiro atoms. The SMILES string of the molecule is O=C([C@H]1COc2ccccc2O1)N1CCC(c2ccsc2)CC1. The zero-order valence-corrected chi connectivity index (χ0v) is 13.6. The number of thiophene rings is 1. The van der Waals surface area contributed by atoms with Gasteiger partial charge in [-0.15, -0.1) is 0 Å². The molecule has 1 atom stereocenters. The second kappa shape index (κ2) is 6.24. The van der Waals surface area contributed by atoms with Gasteiger partial charge in [-0.2, -0.15) is 11.3 Å². The first-order valence-electron chi connectivity index (χ1n) is 8.00. The smallest absolute Gasteiger partial charge is 0.267 e. The van der Waals surface area contributed by atoms with Crippen LogP contribution in [0.5, 0.6) is 11.5 Å². The molecule has 0 aliphatic carbocycles. The van der Waals surface area contributed by atoms with Gasteiger partial charge in [0.2, 0.25) is 6.10 Å². The van der Waals surface area contributed by atoms with E-state index in [4.69, 9.17) is 9.47 Å². The van der Waals surface area contributed by atoms with Crippen LogP contribution in [0.25, 0.3) is 0 Å². The van der Waals surface area contributed by atoms with Gasteiger partial charge in [0.05, 0.1) is 0 Å². The lowest BCUT2D eigenvalue weighted by Crippen LogP contribution is -2.48. The van der Waals surface area contributed by atoms with Crippen LogP contribution < -0.4 is 9.47 Å². The fraction of sp³-hybridized carbons (Fsp3) is 0.389. The third-order valence-corrected chi connectivity index (χ3v) is 5.31. The van der Waals surface area contributed by atoms with Crippen molar-refractivity contribution >= 4 is 17.2 Å². The number of ether oxygens (including phenoxy) is 2. The summed E-state index contributed by atoms with van der Waals surface area (Å²) >= 11 is 1.74. The van der Waals surface area contributed by atoms with Crippen LogP contribution in [-0.2, 0) is 4.79 Å². The van der Waals surface area contributed by atoms with Gasteiger partial charge in [-0.25, -0.2) is 0 Å². The van der Waals surface area contributed by atoms with Crippen molar-refractivity contribution in [2.75, 3.05) is 19.7 Å². The maximum Gasteiger partial charge on any atom is 0.267 e. The van der Waals surface area contributed by atoms with E-state index in [2.05, 4.69) is 16.8 Å². The zero-order chi connectivity index (χ0) is 15.6. The number of amides is 1. The van der Waals surface area contributed by atoms with Crippen LogP contribution in [0.15, 0.2) is 41.1 Å². The van der Waals surface area contributed by atoms with Crippen molar-refractivity contribution < 1.29 is 14.3 Å². The number of hydrogen-bond donors (Lipinski definition) is 0. The second-order valence-corrected chi connectivity index (χ2v) is 6.80. The quantitative estimate of drug-likeness (QED) is 0.848. The molecule has 2 aliphatic rings. The minimum Gasteiger partial charge on any atom is -0.485 e. The average Bonchev–Trinajstić information content (AvgIpc) is 3.15. The number of para-hydroxylation sites is 2. The number of carbonyl (C=O) groups excluding carboxylic acids is 1. The third-order valence-electron chi connectivity index (χ3n) is 4.61. The summed E-state index contributed by atoms with van der Waals surface area (Å²) in [7, 11) is 0. The van der Waals surface area contributed by atoms with E-state index < -0.39 is 6.10 Å². The minimum absolute atomic E-state index is 0.0447. The first kappa shape index (κ1) is 14.6. The van der Waals surface area contributed by atoms with E-state index in [1.807, 2.05) is 29.2 Å². The van der Waals surface area contributed by atoms with E-state index >= 15 is 0 Å².